The molecule has 0 aliphatic carbocycles. The second-order valence-electron chi connectivity index (χ2n) is 9.59. The molecule has 19 heteroatoms. The zero-order valence-corrected chi connectivity index (χ0v) is 25.7. The van der Waals surface area contributed by atoms with Gasteiger partial charge in [0.05, 0.1) is 22.0 Å². The molecule has 0 radical (unpaired) electrons. The summed E-state index contributed by atoms with van der Waals surface area (Å²) in [6, 6.07) is 6.66. The van der Waals surface area contributed by atoms with Crippen molar-refractivity contribution in [3.63, 3.8) is 0 Å². The van der Waals surface area contributed by atoms with Gasteiger partial charge in [-0.25, -0.2) is 9.67 Å². The smallest absolute Gasteiger partial charge is 0.349 e. The van der Waals surface area contributed by atoms with E-state index in [0.29, 0.717) is 11.3 Å². The standard InChI is InChI=1S/C26H22Cl2F6N8O2S/c1-12-7-14(27)8-16(23(43)36-13(2)11-45-3)19(12)37-24(44)18-9-15(38-42(18)22-17(28)5-4-6-35-22)10-41-39-20(25(29,30)31)21(40-41)26(32,33)34/h4-9,13H,10-11H2,1-3H3,(H,36,43)(H,37,44)/t13-/m0/s1. The third-order valence-corrected chi connectivity index (χ3v) is 7.35. The number of pyridine rings is 1. The molecule has 4 rings (SSSR count). The molecule has 0 spiro atoms. The number of amides is 2. The average Bonchev–Trinajstić information content (AvgIpc) is 3.55. The number of aromatic nitrogens is 6. The maximum Gasteiger partial charge on any atom is 0.437 e. The van der Waals surface area contributed by atoms with Crippen molar-refractivity contribution in [3.8, 4) is 5.82 Å². The van der Waals surface area contributed by atoms with Crippen molar-refractivity contribution in [2.75, 3.05) is 17.3 Å². The number of nitrogens with one attached hydrogen (secondary N) is 2. The monoisotopic (exact) mass is 694 g/mol. The van der Waals surface area contributed by atoms with Crippen LogP contribution in [0.1, 0.15) is 50.4 Å². The van der Waals surface area contributed by atoms with Crippen molar-refractivity contribution in [1.29, 1.82) is 0 Å². The molecule has 0 fully saturated rings. The van der Waals surface area contributed by atoms with Crippen LogP contribution in [0.25, 0.3) is 5.82 Å². The number of thioether (sulfide) groups is 1. The highest BCUT2D eigenvalue weighted by atomic mass is 35.5. The van der Waals surface area contributed by atoms with Crippen LogP contribution >= 0.6 is 35.0 Å². The topological polar surface area (TPSA) is 120 Å². The van der Waals surface area contributed by atoms with Gasteiger partial charge in [-0.05, 0) is 56.0 Å². The lowest BCUT2D eigenvalue weighted by molar-refractivity contribution is -0.165. The molecule has 0 aliphatic rings. The Balaban J connectivity index is 1.76. The average molecular weight is 695 g/mol. The number of nitrogens with zero attached hydrogens (tertiary/aromatic N) is 6. The molecule has 0 saturated heterocycles. The molecule has 2 N–H and O–H groups in total. The number of alkyl halides is 6. The van der Waals surface area contributed by atoms with E-state index in [1.54, 1.807) is 13.8 Å². The largest absolute Gasteiger partial charge is 0.437 e. The third-order valence-electron chi connectivity index (χ3n) is 6.01. The van der Waals surface area contributed by atoms with Gasteiger partial charge in [0.2, 0.25) is 0 Å². The lowest BCUT2D eigenvalue weighted by atomic mass is 10.1. The summed E-state index contributed by atoms with van der Waals surface area (Å²) in [5.41, 5.74) is -4.38. The summed E-state index contributed by atoms with van der Waals surface area (Å²) in [4.78, 5) is 31.1. The molecule has 240 valence electrons. The zero-order chi connectivity index (χ0) is 33.3. The molecule has 4 aromatic rings. The minimum atomic E-state index is -5.44. The minimum Gasteiger partial charge on any atom is -0.349 e. The Bertz CT molecular complexity index is 1710. The van der Waals surface area contributed by atoms with Crippen LogP contribution in [-0.2, 0) is 18.9 Å². The summed E-state index contributed by atoms with van der Waals surface area (Å²) >= 11 is 14.0. The molecule has 1 atom stereocenters. The SMILES string of the molecule is CSC[C@H](C)NC(=O)c1cc(Cl)cc(C)c1NC(=O)c1cc(Cn2nc(C(F)(F)F)c(C(F)(F)F)n2)nn1-c1ncccc1Cl. The van der Waals surface area contributed by atoms with Crippen LogP contribution < -0.4 is 10.6 Å². The van der Waals surface area contributed by atoms with Crippen LogP contribution in [0.5, 0.6) is 0 Å². The van der Waals surface area contributed by atoms with E-state index in [9.17, 15) is 35.9 Å². The number of carbonyl (C=O) groups is 2. The number of anilines is 1. The predicted octanol–water partition coefficient (Wildman–Crippen LogP) is 6.29. The van der Waals surface area contributed by atoms with E-state index >= 15 is 0 Å². The zero-order valence-electron chi connectivity index (χ0n) is 23.4. The maximum absolute atomic E-state index is 13.7. The molecule has 1 aromatic carbocycles. The summed E-state index contributed by atoms with van der Waals surface area (Å²) < 4.78 is 80.7. The summed E-state index contributed by atoms with van der Waals surface area (Å²) in [7, 11) is 0. The molecule has 0 unspecified atom stereocenters. The van der Waals surface area contributed by atoms with Crippen molar-refractivity contribution in [1.82, 2.24) is 35.1 Å². The Morgan fingerprint density at radius 1 is 1.00 bits per heavy atom. The Labute approximate surface area is 265 Å². The molecule has 0 saturated carbocycles. The maximum atomic E-state index is 13.7. The van der Waals surface area contributed by atoms with E-state index < -0.39 is 42.1 Å². The van der Waals surface area contributed by atoms with Gasteiger partial charge in [0.15, 0.2) is 17.2 Å². The Hall–Kier alpha value is -3.83. The van der Waals surface area contributed by atoms with Gasteiger partial charge >= 0.3 is 12.4 Å². The number of hydrogen-bond donors (Lipinski definition) is 2. The lowest BCUT2D eigenvalue weighted by Gasteiger charge is -2.17. The van der Waals surface area contributed by atoms with Gasteiger partial charge in [-0.1, -0.05) is 23.2 Å². The quantitative estimate of drug-likeness (QED) is 0.198. The van der Waals surface area contributed by atoms with E-state index in [2.05, 4.69) is 30.9 Å². The van der Waals surface area contributed by atoms with E-state index in [1.165, 1.54) is 42.2 Å². The first-order chi connectivity index (χ1) is 21.0. The van der Waals surface area contributed by atoms with Crippen LogP contribution in [0, 0.1) is 6.92 Å². The summed E-state index contributed by atoms with van der Waals surface area (Å²) in [6.45, 7) is 2.60. The lowest BCUT2D eigenvalue weighted by Crippen LogP contribution is -2.35. The highest BCUT2D eigenvalue weighted by Gasteiger charge is 2.48. The van der Waals surface area contributed by atoms with Crippen LogP contribution in [0.15, 0.2) is 36.5 Å². The summed E-state index contributed by atoms with van der Waals surface area (Å²) in [6.07, 6.45) is -7.69. The van der Waals surface area contributed by atoms with Gasteiger partial charge in [-0.2, -0.15) is 48.0 Å². The van der Waals surface area contributed by atoms with Gasteiger partial charge in [0.25, 0.3) is 11.8 Å². The van der Waals surface area contributed by atoms with E-state index in [-0.39, 0.29) is 49.3 Å². The van der Waals surface area contributed by atoms with Crippen molar-refractivity contribution in [3.05, 3.63) is 80.5 Å². The number of rotatable bonds is 9. The molecule has 3 aromatic heterocycles. The molecule has 2 amide bonds. The fourth-order valence-electron chi connectivity index (χ4n) is 4.17. The van der Waals surface area contributed by atoms with E-state index in [0.717, 1.165) is 10.7 Å². The van der Waals surface area contributed by atoms with E-state index in [4.69, 9.17) is 23.2 Å². The Kier molecular flexibility index (Phi) is 10.0. The number of hydrogen-bond acceptors (Lipinski definition) is 7. The van der Waals surface area contributed by atoms with Crippen LogP contribution in [0.3, 0.4) is 0 Å². The first kappa shape index (κ1) is 34.1. The number of carbonyl (C=O) groups excluding carboxylic acids is 2. The van der Waals surface area contributed by atoms with Crippen molar-refractivity contribution >= 4 is 52.5 Å². The molecule has 3 heterocycles. The van der Waals surface area contributed by atoms with Gasteiger partial charge in [-0.3, -0.25) is 9.59 Å². The van der Waals surface area contributed by atoms with Crippen LogP contribution in [-0.4, -0.2) is 59.6 Å². The summed E-state index contributed by atoms with van der Waals surface area (Å²) in [5.74, 6) is -0.856. The van der Waals surface area contributed by atoms with Gasteiger partial charge in [0.1, 0.15) is 12.2 Å². The Morgan fingerprint density at radius 2 is 1.64 bits per heavy atom. The number of halogens is 8. The van der Waals surface area contributed by atoms with Crippen molar-refractivity contribution in [2.24, 2.45) is 0 Å². The van der Waals surface area contributed by atoms with Gasteiger partial charge < -0.3 is 10.6 Å². The fraction of sp³-hybridized carbons (Fsp3) is 0.308. The second kappa shape index (κ2) is 13.3. The molecular formula is C26H22Cl2F6N8O2S. The molecular weight excluding hydrogens is 673 g/mol. The second-order valence-corrected chi connectivity index (χ2v) is 11.3. The van der Waals surface area contributed by atoms with Gasteiger partial charge in [-0.15, -0.1) is 10.2 Å². The third kappa shape index (κ3) is 7.88. The van der Waals surface area contributed by atoms with Gasteiger partial charge in [0, 0.05) is 23.0 Å². The van der Waals surface area contributed by atoms with Crippen LogP contribution in [0.4, 0.5) is 32.0 Å². The fourth-order valence-corrected chi connectivity index (χ4v) is 5.23. The van der Waals surface area contributed by atoms with E-state index in [1.807, 2.05) is 6.26 Å². The number of aryl methyl sites for hydroxylation is 1. The molecule has 10 nitrogen and oxygen atoms in total. The van der Waals surface area contributed by atoms with Crippen LogP contribution in [0.2, 0.25) is 10.0 Å². The van der Waals surface area contributed by atoms with Crippen molar-refractivity contribution < 1.29 is 35.9 Å². The predicted molar refractivity (Wildman–Crippen MR) is 155 cm³/mol. The normalized spacial score (nSPS) is 12.7. The van der Waals surface area contributed by atoms with Crippen molar-refractivity contribution in [2.45, 2.75) is 38.8 Å². The highest BCUT2D eigenvalue weighted by Crippen LogP contribution is 2.38. The first-order valence-corrected chi connectivity index (χ1v) is 14.8. The highest BCUT2D eigenvalue weighted by molar-refractivity contribution is 7.98. The Morgan fingerprint density at radius 3 is 2.22 bits per heavy atom. The molecule has 0 bridgehead atoms. The summed E-state index contributed by atoms with van der Waals surface area (Å²) in [5, 5.41) is 15.8. The minimum absolute atomic E-state index is 0.0163. The number of benzene rings is 1. The molecule has 45 heavy (non-hydrogen) atoms. The first-order valence-electron chi connectivity index (χ1n) is 12.7. The molecule has 0 aliphatic heterocycles.